The van der Waals surface area contributed by atoms with E-state index in [1.165, 1.54) is 54.1 Å². The Balaban J connectivity index is 0.00000242. The van der Waals surface area contributed by atoms with Crippen LogP contribution in [0.3, 0.4) is 0 Å². The van der Waals surface area contributed by atoms with Crippen molar-refractivity contribution >= 4 is 41.3 Å². The van der Waals surface area contributed by atoms with E-state index in [2.05, 4.69) is 29.1 Å². The molecule has 0 bridgehead atoms. The summed E-state index contributed by atoms with van der Waals surface area (Å²) in [5.74, 6) is 0.603. The molecule has 1 aliphatic rings. The zero-order valence-corrected chi connectivity index (χ0v) is 16.9. The number of guanidine groups is 1. The molecular formula is C16H29IN4S. The third kappa shape index (κ3) is 6.40. The van der Waals surface area contributed by atoms with Gasteiger partial charge in [0, 0.05) is 23.9 Å². The molecule has 1 aromatic heterocycles. The second-order valence-corrected chi connectivity index (χ2v) is 7.10. The van der Waals surface area contributed by atoms with Gasteiger partial charge in [-0.1, -0.05) is 32.6 Å². The summed E-state index contributed by atoms with van der Waals surface area (Å²) in [6, 6.07) is 0.519. The van der Waals surface area contributed by atoms with E-state index in [0.717, 1.165) is 19.4 Å². The molecule has 1 saturated carbocycles. The van der Waals surface area contributed by atoms with Crippen LogP contribution in [0.1, 0.15) is 61.0 Å². The van der Waals surface area contributed by atoms with Crippen LogP contribution >= 0.6 is 35.3 Å². The molecule has 126 valence electrons. The van der Waals surface area contributed by atoms with E-state index in [4.69, 9.17) is 5.73 Å². The number of nitrogens with one attached hydrogen (secondary N) is 1. The van der Waals surface area contributed by atoms with E-state index < -0.39 is 0 Å². The van der Waals surface area contributed by atoms with Crippen LogP contribution in [0.4, 0.5) is 0 Å². The fourth-order valence-corrected chi connectivity index (χ4v) is 3.88. The first-order valence-electron chi connectivity index (χ1n) is 8.20. The molecule has 0 atom stereocenters. The molecule has 0 aliphatic heterocycles. The highest BCUT2D eigenvalue weighted by Crippen LogP contribution is 2.18. The molecule has 0 aromatic carbocycles. The zero-order chi connectivity index (χ0) is 15.1. The van der Waals surface area contributed by atoms with Gasteiger partial charge in [0.15, 0.2) is 5.96 Å². The molecule has 22 heavy (non-hydrogen) atoms. The van der Waals surface area contributed by atoms with E-state index in [1.54, 1.807) is 11.3 Å². The average molecular weight is 436 g/mol. The number of hydrogen-bond donors (Lipinski definition) is 2. The molecule has 1 heterocycles. The van der Waals surface area contributed by atoms with E-state index in [1.807, 2.05) is 0 Å². The van der Waals surface area contributed by atoms with Crippen LogP contribution in [0.5, 0.6) is 0 Å². The van der Waals surface area contributed by atoms with Crippen molar-refractivity contribution in [1.82, 2.24) is 10.3 Å². The van der Waals surface area contributed by atoms with Gasteiger partial charge in [-0.3, -0.25) is 4.99 Å². The maximum Gasteiger partial charge on any atom is 0.188 e. The number of aryl methyl sites for hydroxylation is 2. The predicted octanol–water partition coefficient (Wildman–Crippen LogP) is 3.80. The number of aromatic nitrogens is 1. The Morgan fingerprint density at radius 1 is 1.32 bits per heavy atom. The maximum absolute atomic E-state index is 6.00. The van der Waals surface area contributed by atoms with Gasteiger partial charge in [-0.2, -0.15) is 0 Å². The number of nitrogens with two attached hydrogens (primary N) is 1. The van der Waals surface area contributed by atoms with Crippen molar-refractivity contribution in [1.29, 1.82) is 0 Å². The van der Waals surface area contributed by atoms with Crippen molar-refractivity contribution in [2.45, 2.75) is 71.3 Å². The van der Waals surface area contributed by atoms with Gasteiger partial charge in [-0.15, -0.1) is 35.3 Å². The third-order valence-electron chi connectivity index (χ3n) is 4.09. The maximum atomic E-state index is 6.00. The predicted molar refractivity (Wildman–Crippen MR) is 106 cm³/mol. The van der Waals surface area contributed by atoms with E-state index in [9.17, 15) is 0 Å². The van der Waals surface area contributed by atoms with Crippen molar-refractivity contribution in [3.8, 4) is 0 Å². The minimum absolute atomic E-state index is 0. The first kappa shape index (κ1) is 19.7. The lowest BCUT2D eigenvalue weighted by Crippen LogP contribution is -2.40. The van der Waals surface area contributed by atoms with Gasteiger partial charge in [-0.05, 0) is 26.2 Å². The van der Waals surface area contributed by atoms with E-state index in [-0.39, 0.29) is 24.0 Å². The standard InChI is InChI=1S/C16H28N4S.HI/c1-3-14-12(2)21-15(20-14)10-11-18-16(17)19-13-8-6-4-5-7-9-13;/h13H,3-11H2,1-2H3,(H3,17,18,19);1H. The number of hydrogen-bond acceptors (Lipinski definition) is 3. The van der Waals surface area contributed by atoms with Crippen molar-refractivity contribution < 1.29 is 0 Å². The molecule has 0 spiro atoms. The number of aliphatic imine (C=N–C) groups is 1. The normalized spacial score (nSPS) is 16.9. The molecule has 4 nitrogen and oxygen atoms in total. The molecule has 0 amide bonds. The summed E-state index contributed by atoms with van der Waals surface area (Å²) in [6.07, 6.45) is 9.68. The highest BCUT2D eigenvalue weighted by Gasteiger charge is 2.12. The minimum atomic E-state index is 0. The van der Waals surface area contributed by atoms with Crippen molar-refractivity contribution in [3.05, 3.63) is 15.6 Å². The Morgan fingerprint density at radius 3 is 2.59 bits per heavy atom. The Labute approximate surface area is 155 Å². The fourth-order valence-electron chi connectivity index (χ4n) is 2.87. The number of nitrogens with zero attached hydrogens (tertiary/aromatic N) is 2. The Kier molecular flexibility index (Phi) is 9.31. The monoisotopic (exact) mass is 436 g/mol. The molecule has 1 fully saturated rings. The average Bonchev–Trinajstić information content (AvgIpc) is 2.65. The summed E-state index contributed by atoms with van der Waals surface area (Å²) < 4.78 is 0. The summed E-state index contributed by atoms with van der Waals surface area (Å²) in [4.78, 5) is 10.4. The highest BCUT2D eigenvalue weighted by atomic mass is 127. The second-order valence-electron chi connectivity index (χ2n) is 5.81. The van der Waals surface area contributed by atoms with Crippen LogP contribution < -0.4 is 11.1 Å². The van der Waals surface area contributed by atoms with Crippen LogP contribution in [0.2, 0.25) is 0 Å². The summed E-state index contributed by atoms with van der Waals surface area (Å²) >= 11 is 1.79. The lowest BCUT2D eigenvalue weighted by atomic mass is 10.1. The van der Waals surface area contributed by atoms with Gasteiger partial charge in [0.2, 0.25) is 0 Å². The van der Waals surface area contributed by atoms with Gasteiger partial charge in [0.1, 0.15) is 0 Å². The highest BCUT2D eigenvalue weighted by molar-refractivity contribution is 14.0. The van der Waals surface area contributed by atoms with Gasteiger partial charge in [0.25, 0.3) is 0 Å². The topological polar surface area (TPSA) is 63.3 Å². The SMILES string of the molecule is CCc1nc(CCN=C(N)NC2CCCCCC2)sc1C.I. The molecule has 2 rings (SSSR count). The lowest BCUT2D eigenvalue weighted by molar-refractivity contribution is 0.530. The van der Waals surface area contributed by atoms with Gasteiger partial charge in [0.05, 0.1) is 10.7 Å². The first-order chi connectivity index (χ1) is 10.2. The second kappa shape index (κ2) is 10.4. The van der Waals surface area contributed by atoms with Crippen molar-refractivity contribution in [2.75, 3.05) is 6.54 Å². The molecule has 3 N–H and O–H groups in total. The Bertz CT molecular complexity index is 465. The largest absolute Gasteiger partial charge is 0.370 e. The summed E-state index contributed by atoms with van der Waals surface area (Å²) in [6.45, 7) is 5.02. The van der Waals surface area contributed by atoms with Crippen LogP contribution in [0.25, 0.3) is 0 Å². The molecule has 1 aliphatic carbocycles. The first-order valence-corrected chi connectivity index (χ1v) is 9.02. The molecular weight excluding hydrogens is 407 g/mol. The van der Waals surface area contributed by atoms with E-state index >= 15 is 0 Å². The quantitative estimate of drug-likeness (QED) is 0.320. The molecule has 0 radical (unpaired) electrons. The van der Waals surface area contributed by atoms with Gasteiger partial charge < -0.3 is 11.1 Å². The van der Waals surface area contributed by atoms with Crippen molar-refractivity contribution in [2.24, 2.45) is 10.7 Å². The van der Waals surface area contributed by atoms with Crippen LogP contribution in [-0.4, -0.2) is 23.5 Å². The smallest absolute Gasteiger partial charge is 0.188 e. The summed E-state index contributed by atoms with van der Waals surface area (Å²) in [5, 5.41) is 4.56. The van der Waals surface area contributed by atoms with Crippen LogP contribution in [-0.2, 0) is 12.8 Å². The summed E-state index contributed by atoms with van der Waals surface area (Å²) in [5.41, 5.74) is 7.23. The zero-order valence-electron chi connectivity index (χ0n) is 13.7. The Morgan fingerprint density at radius 2 is 2.00 bits per heavy atom. The lowest BCUT2D eigenvalue weighted by Gasteiger charge is -2.16. The number of rotatable bonds is 5. The van der Waals surface area contributed by atoms with E-state index in [0.29, 0.717) is 12.0 Å². The van der Waals surface area contributed by atoms with Gasteiger partial charge in [-0.25, -0.2) is 4.98 Å². The van der Waals surface area contributed by atoms with Crippen LogP contribution in [0.15, 0.2) is 4.99 Å². The fraction of sp³-hybridized carbons (Fsp3) is 0.750. The summed E-state index contributed by atoms with van der Waals surface area (Å²) in [7, 11) is 0. The minimum Gasteiger partial charge on any atom is -0.370 e. The number of thiazole rings is 1. The molecule has 0 unspecified atom stereocenters. The van der Waals surface area contributed by atoms with Gasteiger partial charge >= 0.3 is 0 Å². The Hall–Kier alpha value is -0.370. The number of halogens is 1. The third-order valence-corrected chi connectivity index (χ3v) is 5.16. The molecule has 1 aromatic rings. The molecule has 6 heteroatoms. The van der Waals surface area contributed by atoms with Crippen molar-refractivity contribution in [3.63, 3.8) is 0 Å². The molecule has 0 saturated heterocycles. The van der Waals surface area contributed by atoms with Crippen LogP contribution in [0, 0.1) is 6.92 Å².